The average molecular weight is 377 g/mol. The van der Waals surface area contributed by atoms with Crippen molar-refractivity contribution in [3.63, 3.8) is 0 Å². The van der Waals surface area contributed by atoms with Crippen molar-refractivity contribution in [3.05, 3.63) is 16.8 Å². The second-order valence-corrected chi connectivity index (χ2v) is 7.59. The molecule has 0 amide bonds. The molecule has 8 heteroatoms. The average Bonchev–Trinajstić information content (AvgIpc) is 3.31. The van der Waals surface area contributed by atoms with E-state index in [-0.39, 0.29) is 12.3 Å². The largest absolute Gasteiger partial charge is 0.462 e. The van der Waals surface area contributed by atoms with Crippen LogP contribution in [0.2, 0.25) is 0 Å². The van der Waals surface area contributed by atoms with Gasteiger partial charge in [-0.05, 0) is 32.3 Å². The number of esters is 1. The van der Waals surface area contributed by atoms with Crippen LogP contribution >= 0.6 is 11.3 Å². The van der Waals surface area contributed by atoms with Crippen LogP contribution in [0.1, 0.15) is 35.0 Å². The molecule has 0 unspecified atom stereocenters. The molecule has 2 saturated heterocycles. The summed E-state index contributed by atoms with van der Waals surface area (Å²) in [6, 6.07) is 0. The smallest absolute Gasteiger partial charge is 0.348 e. The van der Waals surface area contributed by atoms with Gasteiger partial charge in [0.05, 0.1) is 25.2 Å². The standard InChI is InChI=1S/C18H23N3O4S/c1-3-23-17(22)14-11(2)13-15(19-10-20-16(13)26-14)21-6-4-12(5-7-21)18-24-8-9-25-18/h10,12,18H,3-9H2,1-2H3. The van der Waals surface area contributed by atoms with Gasteiger partial charge in [0.1, 0.15) is 21.9 Å². The zero-order valence-corrected chi connectivity index (χ0v) is 15.9. The number of hydrogen-bond donors (Lipinski definition) is 0. The van der Waals surface area contributed by atoms with E-state index in [1.807, 2.05) is 13.8 Å². The molecule has 4 rings (SSSR count). The summed E-state index contributed by atoms with van der Waals surface area (Å²) in [7, 11) is 0. The maximum absolute atomic E-state index is 12.2. The summed E-state index contributed by atoms with van der Waals surface area (Å²) >= 11 is 1.38. The van der Waals surface area contributed by atoms with Crippen LogP contribution in [0, 0.1) is 12.8 Å². The summed E-state index contributed by atoms with van der Waals surface area (Å²) in [6.45, 7) is 7.31. The lowest BCUT2D eigenvalue weighted by molar-refractivity contribution is -0.0889. The summed E-state index contributed by atoms with van der Waals surface area (Å²) in [4.78, 5) is 24.9. The van der Waals surface area contributed by atoms with Gasteiger partial charge in [-0.2, -0.15) is 0 Å². The predicted octanol–water partition coefficient (Wildman–Crippen LogP) is 2.77. The van der Waals surface area contributed by atoms with Crippen molar-refractivity contribution in [1.82, 2.24) is 9.97 Å². The molecule has 0 atom stereocenters. The quantitative estimate of drug-likeness (QED) is 0.759. The van der Waals surface area contributed by atoms with Gasteiger partial charge in [0.15, 0.2) is 6.29 Å². The van der Waals surface area contributed by atoms with E-state index < -0.39 is 0 Å². The molecule has 26 heavy (non-hydrogen) atoms. The molecule has 0 bridgehead atoms. The van der Waals surface area contributed by atoms with Crippen molar-refractivity contribution in [1.29, 1.82) is 0 Å². The summed E-state index contributed by atoms with van der Waals surface area (Å²) < 4.78 is 16.5. The van der Waals surface area contributed by atoms with Crippen LogP contribution in [0.4, 0.5) is 5.82 Å². The fraction of sp³-hybridized carbons (Fsp3) is 0.611. The van der Waals surface area contributed by atoms with E-state index in [1.165, 1.54) is 11.3 Å². The summed E-state index contributed by atoms with van der Waals surface area (Å²) in [5, 5.41) is 0.965. The summed E-state index contributed by atoms with van der Waals surface area (Å²) in [5.41, 5.74) is 0.906. The van der Waals surface area contributed by atoms with Gasteiger partial charge in [-0.25, -0.2) is 14.8 Å². The first-order valence-electron chi connectivity index (χ1n) is 9.08. The number of anilines is 1. The Hall–Kier alpha value is -1.77. The lowest BCUT2D eigenvalue weighted by Crippen LogP contribution is -2.38. The number of carbonyl (C=O) groups excluding carboxylic acids is 1. The van der Waals surface area contributed by atoms with E-state index in [2.05, 4.69) is 14.9 Å². The number of ether oxygens (including phenoxy) is 3. The van der Waals surface area contributed by atoms with Crippen LogP contribution in [0.25, 0.3) is 10.2 Å². The fourth-order valence-electron chi connectivity index (χ4n) is 3.72. The molecule has 0 radical (unpaired) electrons. The molecule has 0 N–H and O–H groups in total. The SMILES string of the molecule is CCOC(=O)c1sc2ncnc(N3CCC(C4OCCO4)CC3)c2c1C. The zero-order chi connectivity index (χ0) is 18.1. The molecule has 4 heterocycles. The molecule has 7 nitrogen and oxygen atoms in total. The second kappa shape index (κ2) is 7.46. The van der Waals surface area contributed by atoms with Gasteiger partial charge in [-0.1, -0.05) is 0 Å². The Morgan fingerprint density at radius 1 is 1.31 bits per heavy atom. The fourth-order valence-corrected chi connectivity index (χ4v) is 4.75. The number of nitrogens with zero attached hydrogens (tertiary/aromatic N) is 3. The van der Waals surface area contributed by atoms with Crippen LogP contribution in [0.15, 0.2) is 6.33 Å². The van der Waals surface area contributed by atoms with E-state index in [0.29, 0.717) is 30.6 Å². The van der Waals surface area contributed by atoms with Gasteiger partial charge in [0.2, 0.25) is 0 Å². The topological polar surface area (TPSA) is 73.8 Å². The van der Waals surface area contributed by atoms with E-state index in [0.717, 1.165) is 47.5 Å². The predicted molar refractivity (Wildman–Crippen MR) is 98.7 cm³/mol. The number of thiophene rings is 1. The molecule has 0 aliphatic carbocycles. The van der Waals surface area contributed by atoms with Gasteiger partial charge in [0, 0.05) is 19.0 Å². The first-order chi connectivity index (χ1) is 12.7. The number of rotatable bonds is 4. The van der Waals surface area contributed by atoms with Crippen LogP contribution < -0.4 is 4.90 Å². The summed E-state index contributed by atoms with van der Waals surface area (Å²) in [6.07, 6.45) is 3.53. The highest BCUT2D eigenvalue weighted by Crippen LogP contribution is 2.37. The highest BCUT2D eigenvalue weighted by molar-refractivity contribution is 7.20. The first-order valence-corrected chi connectivity index (χ1v) is 9.90. The minimum absolute atomic E-state index is 0.0548. The molecule has 0 saturated carbocycles. The van der Waals surface area contributed by atoms with Crippen LogP contribution in [-0.4, -0.2) is 55.1 Å². The van der Waals surface area contributed by atoms with Gasteiger partial charge in [-0.15, -0.1) is 11.3 Å². The molecular weight excluding hydrogens is 354 g/mol. The highest BCUT2D eigenvalue weighted by Gasteiger charge is 2.32. The van der Waals surface area contributed by atoms with E-state index in [9.17, 15) is 4.79 Å². The molecule has 2 aliphatic rings. The van der Waals surface area contributed by atoms with E-state index >= 15 is 0 Å². The normalized spacial score (nSPS) is 19.4. The minimum atomic E-state index is -0.284. The zero-order valence-electron chi connectivity index (χ0n) is 15.1. The Morgan fingerprint density at radius 2 is 2.04 bits per heavy atom. The Morgan fingerprint density at radius 3 is 2.73 bits per heavy atom. The monoisotopic (exact) mass is 377 g/mol. The van der Waals surface area contributed by atoms with Crippen LogP contribution in [0.3, 0.4) is 0 Å². The maximum atomic E-state index is 12.2. The molecular formula is C18H23N3O4S. The molecule has 0 spiro atoms. The number of aromatic nitrogens is 2. The van der Waals surface area contributed by atoms with Crippen molar-refractivity contribution in [2.24, 2.45) is 5.92 Å². The second-order valence-electron chi connectivity index (χ2n) is 6.59. The highest BCUT2D eigenvalue weighted by atomic mass is 32.1. The Balaban J connectivity index is 1.58. The molecule has 2 aromatic heterocycles. The number of carbonyl (C=O) groups is 1. The number of aryl methyl sites for hydroxylation is 1. The third-order valence-corrected chi connectivity index (χ3v) is 6.22. The lowest BCUT2D eigenvalue weighted by Gasteiger charge is -2.34. The van der Waals surface area contributed by atoms with Crippen molar-refractivity contribution in [2.45, 2.75) is 33.0 Å². The van der Waals surface area contributed by atoms with Crippen molar-refractivity contribution >= 4 is 33.3 Å². The lowest BCUT2D eigenvalue weighted by atomic mass is 9.96. The van der Waals surface area contributed by atoms with Crippen LogP contribution in [0.5, 0.6) is 0 Å². The van der Waals surface area contributed by atoms with Gasteiger partial charge >= 0.3 is 5.97 Å². The minimum Gasteiger partial charge on any atom is -0.462 e. The molecule has 140 valence electrons. The molecule has 2 fully saturated rings. The summed E-state index contributed by atoms with van der Waals surface area (Å²) in [5.74, 6) is 1.06. The third-order valence-electron chi connectivity index (χ3n) is 5.04. The Kier molecular flexibility index (Phi) is 5.06. The Bertz CT molecular complexity index is 795. The van der Waals surface area contributed by atoms with Crippen molar-refractivity contribution < 1.29 is 19.0 Å². The third kappa shape index (κ3) is 3.17. The maximum Gasteiger partial charge on any atom is 0.348 e. The Labute approximate surface area is 156 Å². The van der Waals surface area contributed by atoms with Gasteiger partial charge in [-0.3, -0.25) is 0 Å². The number of hydrogen-bond acceptors (Lipinski definition) is 8. The first kappa shape index (κ1) is 17.6. The van der Waals surface area contributed by atoms with E-state index in [4.69, 9.17) is 14.2 Å². The van der Waals surface area contributed by atoms with Crippen molar-refractivity contribution in [2.75, 3.05) is 37.8 Å². The van der Waals surface area contributed by atoms with Crippen LogP contribution in [-0.2, 0) is 14.2 Å². The van der Waals surface area contributed by atoms with Crippen molar-refractivity contribution in [3.8, 4) is 0 Å². The number of piperidine rings is 1. The number of fused-ring (bicyclic) bond motifs is 1. The molecule has 2 aliphatic heterocycles. The van der Waals surface area contributed by atoms with Gasteiger partial charge < -0.3 is 19.1 Å². The van der Waals surface area contributed by atoms with E-state index in [1.54, 1.807) is 6.33 Å². The molecule has 0 aromatic carbocycles. The van der Waals surface area contributed by atoms with Gasteiger partial charge in [0.25, 0.3) is 0 Å². The molecule has 2 aromatic rings.